The van der Waals surface area contributed by atoms with E-state index >= 15 is 0 Å². The molecule has 96 valence electrons. The summed E-state index contributed by atoms with van der Waals surface area (Å²) in [5, 5.41) is 14.5. The highest BCUT2D eigenvalue weighted by Gasteiger charge is 2.14. The first-order valence-electron chi connectivity index (χ1n) is 5.03. The van der Waals surface area contributed by atoms with E-state index in [9.17, 15) is 14.4 Å². The van der Waals surface area contributed by atoms with Crippen LogP contribution in [-0.4, -0.2) is 32.7 Å². The van der Waals surface area contributed by atoms with Crippen LogP contribution in [0.5, 0.6) is 0 Å². The first-order chi connectivity index (χ1) is 8.43. The summed E-state index contributed by atoms with van der Waals surface area (Å²) in [7, 11) is 0. The molecule has 1 aromatic heterocycles. The summed E-state index contributed by atoms with van der Waals surface area (Å²) in [5.74, 6) is -2.71. The molecule has 0 atom stereocenters. The molecule has 8 nitrogen and oxygen atoms in total. The second kappa shape index (κ2) is 5.62. The van der Waals surface area contributed by atoms with E-state index in [0.717, 1.165) is 6.08 Å². The Morgan fingerprint density at radius 2 is 2.17 bits per heavy atom. The Morgan fingerprint density at radius 3 is 2.67 bits per heavy atom. The lowest BCUT2D eigenvalue weighted by Crippen LogP contribution is -2.16. The normalized spacial score (nSPS) is 10.5. The topological polar surface area (TPSA) is 127 Å². The maximum absolute atomic E-state index is 11.3. The van der Waals surface area contributed by atoms with Crippen molar-refractivity contribution >= 4 is 23.5 Å². The van der Waals surface area contributed by atoms with E-state index in [1.807, 2.05) is 0 Å². The minimum Gasteiger partial charge on any atom is -0.478 e. The molecule has 0 spiro atoms. The van der Waals surface area contributed by atoms with Gasteiger partial charge >= 0.3 is 5.97 Å². The summed E-state index contributed by atoms with van der Waals surface area (Å²) in [6, 6.07) is 0. The summed E-state index contributed by atoms with van der Waals surface area (Å²) >= 11 is 0. The molecule has 0 aliphatic rings. The average molecular weight is 252 g/mol. The minimum atomic E-state index is -1.25. The van der Waals surface area contributed by atoms with E-state index in [1.165, 1.54) is 10.9 Å². The predicted octanol–water partition coefficient (Wildman–Crippen LogP) is -0.419. The fourth-order valence-electron chi connectivity index (χ4n) is 1.18. The van der Waals surface area contributed by atoms with Crippen molar-refractivity contribution < 1.29 is 19.5 Å². The highest BCUT2D eigenvalue weighted by Crippen LogP contribution is 2.13. The van der Waals surface area contributed by atoms with Gasteiger partial charge in [-0.05, 0) is 6.92 Å². The number of primary amides is 1. The van der Waals surface area contributed by atoms with E-state index < -0.39 is 17.8 Å². The quantitative estimate of drug-likeness (QED) is 0.613. The molecule has 2 amide bonds. The van der Waals surface area contributed by atoms with Gasteiger partial charge in [-0.2, -0.15) is 5.10 Å². The van der Waals surface area contributed by atoms with Crippen molar-refractivity contribution in [3.8, 4) is 0 Å². The standard InChI is InChI=1S/C10H12N4O4/c1-2-14-5-6(9(13-14)10(11)18)12-7(15)3-4-8(16)17/h3-5H,2H2,1H3,(H2,11,18)(H,12,15)(H,16,17)/b4-3-. The number of amides is 2. The van der Waals surface area contributed by atoms with Gasteiger partial charge in [-0.1, -0.05) is 0 Å². The highest BCUT2D eigenvalue weighted by atomic mass is 16.4. The monoisotopic (exact) mass is 252 g/mol. The number of carbonyl (C=O) groups excluding carboxylic acids is 2. The van der Waals surface area contributed by atoms with E-state index in [4.69, 9.17) is 10.8 Å². The SMILES string of the molecule is CCn1cc(NC(=O)/C=C\C(=O)O)c(C(N)=O)n1. The Morgan fingerprint density at radius 1 is 1.50 bits per heavy atom. The number of nitrogens with two attached hydrogens (primary N) is 1. The zero-order valence-electron chi connectivity index (χ0n) is 9.58. The number of aliphatic carboxylic acids is 1. The maximum Gasteiger partial charge on any atom is 0.328 e. The summed E-state index contributed by atoms with van der Waals surface area (Å²) in [5.41, 5.74) is 5.17. The van der Waals surface area contributed by atoms with Crippen LogP contribution in [0.3, 0.4) is 0 Å². The van der Waals surface area contributed by atoms with Crippen molar-refractivity contribution in [3.63, 3.8) is 0 Å². The van der Waals surface area contributed by atoms with E-state index in [0.29, 0.717) is 12.6 Å². The van der Waals surface area contributed by atoms with Crippen molar-refractivity contribution in [1.29, 1.82) is 0 Å². The van der Waals surface area contributed by atoms with Crippen LogP contribution in [0.2, 0.25) is 0 Å². The summed E-state index contributed by atoms with van der Waals surface area (Å²) in [6.45, 7) is 2.30. The zero-order chi connectivity index (χ0) is 13.7. The number of hydrogen-bond acceptors (Lipinski definition) is 4. The summed E-state index contributed by atoms with van der Waals surface area (Å²) in [4.78, 5) is 32.6. The van der Waals surface area contributed by atoms with Crippen LogP contribution in [0.25, 0.3) is 0 Å². The van der Waals surface area contributed by atoms with Gasteiger partial charge in [0, 0.05) is 24.9 Å². The van der Waals surface area contributed by atoms with Gasteiger partial charge in [-0.3, -0.25) is 14.3 Å². The molecule has 18 heavy (non-hydrogen) atoms. The van der Waals surface area contributed by atoms with Crippen LogP contribution >= 0.6 is 0 Å². The van der Waals surface area contributed by atoms with E-state index in [1.54, 1.807) is 6.92 Å². The summed E-state index contributed by atoms with van der Waals surface area (Å²) in [6.07, 6.45) is 2.95. The number of rotatable bonds is 5. The van der Waals surface area contributed by atoms with Gasteiger partial charge in [-0.15, -0.1) is 0 Å². The van der Waals surface area contributed by atoms with Gasteiger partial charge in [0.2, 0.25) is 5.91 Å². The Hall–Kier alpha value is -2.64. The number of carboxylic acid groups (broad SMARTS) is 1. The fraction of sp³-hybridized carbons (Fsp3) is 0.200. The molecule has 1 heterocycles. The van der Waals surface area contributed by atoms with Gasteiger partial charge < -0.3 is 16.2 Å². The molecule has 0 radical (unpaired) electrons. The lowest BCUT2D eigenvalue weighted by atomic mass is 10.3. The van der Waals surface area contributed by atoms with Crippen molar-refractivity contribution in [1.82, 2.24) is 9.78 Å². The third-order valence-corrected chi connectivity index (χ3v) is 1.95. The fourth-order valence-corrected chi connectivity index (χ4v) is 1.18. The van der Waals surface area contributed by atoms with Crippen LogP contribution in [0, 0.1) is 0 Å². The smallest absolute Gasteiger partial charge is 0.328 e. The van der Waals surface area contributed by atoms with Gasteiger partial charge in [0.25, 0.3) is 5.91 Å². The van der Waals surface area contributed by atoms with Gasteiger partial charge in [0.1, 0.15) is 0 Å². The molecule has 0 fully saturated rings. The van der Waals surface area contributed by atoms with Crippen molar-refractivity contribution in [2.75, 3.05) is 5.32 Å². The summed E-state index contributed by atoms with van der Waals surface area (Å²) < 4.78 is 1.43. The predicted molar refractivity (Wildman–Crippen MR) is 61.8 cm³/mol. The Balaban J connectivity index is 2.89. The van der Waals surface area contributed by atoms with Crippen LogP contribution in [0.15, 0.2) is 18.3 Å². The number of carboxylic acids is 1. The molecule has 0 saturated carbocycles. The zero-order valence-corrected chi connectivity index (χ0v) is 9.58. The first-order valence-corrected chi connectivity index (χ1v) is 5.03. The van der Waals surface area contributed by atoms with Crippen molar-refractivity contribution in [3.05, 3.63) is 24.0 Å². The molecule has 4 N–H and O–H groups in total. The Kier molecular flexibility index (Phi) is 4.19. The van der Waals surface area contributed by atoms with Crippen LogP contribution in [-0.2, 0) is 16.1 Å². The molecule has 0 unspecified atom stereocenters. The highest BCUT2D eigenvalue weighted by molar-refractivity contribution is 6.06. The molecular formula is C10H12N4O4. The molecule has 0 aliphatic heterocycles. The molecular weight excluding hydrogens is 240 g/mol. The molecule has 0 aromatic carbocycles. The van der Waals surface area contributed by atoms with Crippen LogP contribution in [0.1, 0.15) is 17.4 Å². The van der Waals surface area contributed by atoms with Crippen LogP contribution in [0.4, 0.5) is 5.69 Å². The second-order valence-electron chi connectivity index (χ2n) is 3.27. The van der Waals surface area contributed by atoms with Gasteiger partial charge in [0.05, 0.1) is 5.69 Å². The number of nitrogens with zero attached hydrogens (tertiary/aromatic N) is 2. The first kappa shape index (κ1) is 13.4. The number of aryl methyl sites for hydroxylation is 1. The minimum absolute atomic E-state index is 0.0751. The largest absolute Gasteiger partial charge is 0.478 e. The Bertz CT molecular complexity index is 518. The Labute approximate surface area is 102 Å². The molecule has 1 aromatic rings. The third-order valence-electron chi connectivity index (χ3n) is 1.95. The number of hydrogen-bond donors (Lipinski definition) is 3. The molecule has 0 aliphatic carbocycles. The average Bonchev–Trinajstić information content (AvgIpc) is 2.69. The molecule has 0 bridgehead atoms. The number of anilines is 1. The second-order valence-corrected chi connectivity index (χ2v) is 3.27. The van der Waals surface area contributed by atoms with Crippen molar-refractivity contribution in [2.24, 2.45) is 5.73 Å². The third kappa shape index (κ3) is 3.44. The number of carbonyl (C=O) groups is 3. The van der Waals surface area contributed by atoms with Gasteiger partial charge in [-0.25, -0.2) is 4.79 Å². The van der Waals surface area contributed by atoms with E-state index in [2.05, 4.69) is 10.4 Å². The molecule has 0 saturated heterocycles. The lowest BCUT2D eigenvalue weighted by molar-refractivity contribution is -0.131. The molecule has 8 heteroatoms. The molecule has 1 rings (SSSR count). The van der Waals surface area contributed by atoms with E-state index in [-0.39, 0.29) is 11.4 Å². The van der Waals surface area contributed by atoms with Crippen LogP contribution < -0.4 is 11.1 Å². The maximum atomic E-state index is 11.3. The van der Waals surface area contributed by atoms with Crippen molar-refractivity contribution in [2.45, 2.75) is 13.5 Å². The van der Waals surface area contributed by atoms with Gasteiger partial charge in [0.15, 0.2) is 5.69 Å². The lowest BCUT2D eigenvalue weighted by Gasteiger charge is -1.98. The number of aromatic nitrogens is 2. The number of nitrogens with one attached hydrogen (secondary N) is 1.